The fourth-order valence-electron chi connectivity index (χ4n) is 10.0. The van der Waals surface area contributed by atoms with Crippen LogP contribution >= 0.6 is 0 Å². The van der Waals surface area contributed by atoms with Gasteiger partial charge in [-0.25, -0.2) is 0 Å². The average molecular weight is 847 g/mol. The molecule has 0 bridgehead atoms. The van der Waals surface area contributed by atoms with Crippen molar-refractivity contribution in [3.8, 4) is 33.4 Å². The Hall–Kier alpha value is -8.20. The highest BCUT2D eigenvalue weighted by atomic mass is 15.2. The largest absolute Gasteiger partial charge is 0.333 e. The highest BCUT2D eigenvalue weighted by Crippen LogP contribution is 2.50. The molecule has 0 saturated heterocycles. The zero-order valence-electron chi connectivity index (χ0n) is 37.3. The standard InChI is InChI=1S/C64H50N2/c1-3-46(39-45(2)60-30-18-32-63-64(60)61-29-15-16-31-62(61)66(63)56-26-11-6-12-27-56)52-25-17-28-58(42-52)65(57-37-35-50(36-38-57)53-34-33-49-23-13-14-24-51(49)40-53)59-43-54(47-19-7-4-8-20-47)41-55(44-59)48-21-9-5-10-22-48/h3-44,61-62H,1-2H3/b45-39+,46-3+. The Balaban J connectivity index is 1.02. The maximum atomic E-state index is 2.51. The van der Waals surface area contributed by atoms with Gasteiger partial charge in [-0.3, -0.25) is 0 Å². The highest BCUT2D eigenvalue weighted by Gasteiger charge is 2.39. The lowest BCUT2D eigenvalue weighted by Crippen LogP contribution is -2.28. The second kappa shape index (κ2) is 17.8. The smallest absolute Gasteiger partial charge is 0.0629 e. The Labute approximate surface area is 389 Å². The van der Waals surface area contributed by atoms with E-state index in [0.717, 1.165) is 22.6 Å². The summed E-state index contributed by atoms with van der Waals surface area (Å²) in [6.07, 6.45) is 13.8. The lowest BCUT2D eigenvalue weighted by atomic mass is 9.86. The van der Waals surface area contributed by atoms with E-state index in [2.05, 4.69) is 278 Å². The molecule has 0 N–H and O–H groups in total. The first-order valence-electron chi connectivity index (χ1n) is 23.0. The van der Waals surface area contributed by atoms with Crippen molar-refractivity contribution in [2.24, 2.45) is 0 Å². The van der Waals surface area contributed by atoms with Crippen LogP contribution in [0, 0.1) is 0 Å². The lowest BCUT2D eigenvalue weighted by molar-refractivity contribution is 0.744. The van der Waals surface area contributed by atoms with Crippen LogP contribution in [0.25, 0.3) is 55.3 Å². The Morgan fingerprint density at radius 1 is 0.470 bits per heavy atom. The Morgan fingerprint density at radius 3 is 1.80 bits per heavy atom. The summed E-state index contributed by atoms with van der Waals surface area (Å²) in [5.41, 5.74) is 19.1. The molecule has 2 heteroatoms. The first-order chi connectivity index (χ1) is 32.6. The van der Waals surface area contributed by atoms with Crippen molar-refractivity contribution in [1.82, 2.24) is 0 Å². The summed E-state index contributed by atoms with van der Waals surface area (Å²) in [4.78, 5) is 4.93. The van der Waals surface area contributed by atoms with Gasteiger partial charge in [0.15, 0.2) is 0 Å². The normalized spacial score (nSPS) is 15.5. The van der Waals surface area contributed by atoms with Crippen molar-refractivity contribution in [2.75, 3.05) is 9.80 Å². The summed E-state index contributed by atoms with van der Waals surface area (Å²) >= 11 is 0. The molecule has 11 rings (SSSR count). The van der Waals surface area contributed by atoms with Gasteiger partial charge in [-0.15, -0.1) is 0 Å². The molecule has 2 aliphatic rings. The fourth-order valence-corrected chi connectivity index (χ4v) is 10.0. The SMILES string of the molecule is C/C=C(\C=C(/C)c1cccc2c1C1C=CC=CC1N2c1ccccc1)c1cccc(N(c2ccc(-c3ccc4ccccc4c3)cc2)c2cc(-c3ccccc3)cc(-c3ccccc3)c2)c1. The monoisotopic (exact) mass is 846 g/mol. The molecular weight excluding hydrogens is 797 g/mol. The topological polar surface area (TPSA) is 6.48 Å². The van der Waals surface area contributed by atoms with Crippen LogP contribution in [-0.2, 0) is 0 Å². The van der Waals surface area contributed by atoms with E-state index in [1.807, 2.05) is 0 Å². The van der Waals surface area contributed by atoms with Gasteiger partial charge in [0, 0.05) is 34.4 Å². The van der Waals surface area contributed by atoms with Crippen LogP contribution in [0.15, 0.2) is 255 Å². The molecule has 66 heavy (non-hydrogen) atoms. The quantitative estimate of drug-likeness (QED) is 0.127. The van der Waals surface area contributed by atoms with Crippen molar-refractivity contribution >= 4 is 50.4 Å². The van der Waals surface area contributed by atoms with Crippen LogP contribution in [0.2, 0.25) is 0 Å². The molecule has 0 amide bonds. The molecule has 0 fully saturated rings. The third kappa shape index (κ3) is 7.78. The van der Waals surface area contributed by atoms with Crippen molar-refractivity contribution in [3.05, 3.63) is 272 Å². The van der Waals surface area contributed by atoms with Crippen LogP contribution in [0.5, 0.6) is 0 Å². The fraction of sp³-hybridized carbons (Fsp3) is 0.0625. The third-order valence-electron chi connectivity index (χ3n) is 13.3. The van der Waals surface area contributed by atoms with E-state index in [0.29, 0.717) is 0 Å². The van der Waals surface area contributed by atoms with E-state index in [-0.39, 0.29) is 12.0 Å². The van der Waals surface area contributed by atoms with Gasteiger partial charge < -0.3 is 9.80 Å². The minimum Gasteiger partial charge on any atom is -0.333 e. The van der Waals surface area contributed by atoms with Gasteiger partial charge in [0.1, 0.15) is 0 Å². The number of para-hydroxylation sites is 1. The van der Waals surface area contributed by atoms with Crippen molar-refractivity contribution in [2.45, 2.75) is 25.8 Å². The van der Waals surface area contributed by atoms with E-state index in [1.165, 1.54) is 77.8 Å². The Bertz CT molecular complexity index is 3260. The number of hydrogen-bond donors (Lipinski definition) is 0. The Kier molecular flexibility index (Phi) is 10.9. The number of allylic oxidation sites excluding steroid dienone is 6. The van der Waals surface area contributed by atoms with Crippen LogP contribution in [0.4, 0.5) is 28.4 Å². The maximum Gasteiger partial charge on any atom is 0.0629 e. The first kappa shape index (κ1) is 40.6. The van der Waals surface area contributed by atoms with Gasteiger partial charge >= 0.3 is 0 Å². The molecule has 2 nitrogen and oxygen atoms in total. The molecule has 1 aliphatic heterocycles. The molecule has 0 aromatic heterocycles. The number of hydrogen-bond acceptors (Lipinski definition) is 2. The maximum absolute atomic E-state index is 2.51. The summed E-state index contributed by atoms with van der Waals surface area (Å²) in [7, 11) is 0. The van der Waals surface area contributed by atoms with E-state index < -0.39 is 0 Å². The second-order valence-corrected chi connectivity index (χ2v) is 17.3. The lowest BCUT2D eigenvalue weighted by Gasteiger charge is -2.28. The van der Waals surface area contributed by atoms with Crippen molar-refractivity contribution in [1.29, 1.82) is 0 Å². The summed E-state index contributed by atoms with van der Waals surface area (Å²) in [6, 6.07) is 79.7. The van der Waals surface area contributed by atoms with Gasteiger partial charge in [0.05, 0.1) is 6.04 Å². The van der Waals surface area contributed by atoms with Crippen molar-refractivity contribution < 1.29 is 0 Å². The summed E-state index contributed by atoms with van der Waals surface area (Å²) in [6.45, 7) is 4.43. The molecule has 2 unspecified atom stereocenters. The van der Waals surface area contributed by atoms with E-state index in [9.17, 15) is 0 Å². The second-order valence-electron chi connectivity index (χ2n) is 17.3. The number of benzene rings is 9. The predicted molar refractivity (Wildman–Crippen MR) is 282 cm³/mol. The van der Waals surface area contributed by atoms with E-state index in [4.69, 9.17) is 0 Å². The van der Waals surface area contributed by atoms with Crippen LogP contribution in [0.3, 0.4) is 0 Å². The summed E-state index contributed by atoms with van der Waals surface area (Å²) < 4.78 is 0. The van der Waals surface area contributed by atoms with Gasteiger partial charge in [-0.2, -0.15) is 0 Å². The van der Waals surface area contributed by atoms with Crippen LogP contribution in [0.1, 0.15) is 36.5 Å². The third-order valence-corrected chi connectivity index (χ3v) is 13.3. The molecule has 1 aliphatic carbocycles. The van der Waals surface area contributed by atoms with E-state index >= 15 is 0 Å². The van der Waals surface area contributed by atoms with Crippen LogP contribution in [-0.4, -0.2) is 6.04 Å². The summed E-state index contributed by atoms with van der Waals surface area (Å²) in [5, 5.41) is 2.49. The molecule has 0 saturated carbocycles. The zero-order valence-corrected chi connectivity index (χ0v) is 37.3. The van der Waals surface area contributed by atoms with Gasteiger partial charge in [0.25, 0.3) is 0 Å². The molecule has 1 heterocycles. The molecule has 9 aromatic carbocycles. The number of anilines is 5. The van der Waals surface area contributed by atoms with Gasteiger partial charge in [-0.1, -0.05) is 188 Å². The predicted octanol–water partition coefficient (Wildman–Crippen LogP) is 17.5. The van der Waals surface area contributed by atoms with Crippen molar-refractivity contribution in [3.63, 3.8) is 0 Å². The molecular formula is C64H50N2. The zero-order chi connectivity index (χ0) is 44.4. The molecule has 0 radical (unpaired) electrons. The van der Waals surface area contributed by atoms with Gasteiger partial charge in [-0.05, 0) is 153 Å². The first-order valence-corrected chi connectivity index (χ1v) is 23.0. The molecule has 9 aromatic rings. The minimum atomic E-state index is 0.231. The average Bonchev–Trinajstić information content (AvgIpc) is 3.73. The Morgan fingerprint density at radius 2 is 1.09 bits per heavy atom. The summed E-state index contributed by atoms with van der Waals surface area (Å²) in [5.74, 6) is 0.260. The number of fused-ring (bicyclic) bond motifs is 4. The highest BCUT2D eigenvalue weighted by molar-refractivity contribution is 5.92. The van der Waals surface area contributed by atoms with E-state index in [1.54, 1.807) is 0 Å². The molecule has 2 atom stereocenters. The molecule has 0 spiro atoms. The van der Waals surface area contributed by atoms with Crippen LogP contribution < -0.4 is 9.80 Å². The minimum absolute atomic E-state index is 0.231. The number of rotatable bonds is 10. The van der Waals surface area contributed by atoms with Gasteiger partial charge in [0.2, 0.25) is 0 Å². The number of nitrogens with zero attached hydrogens (tertiary/aromatic N) is 2. The molecule has 316 valence electrons.